The third-order valence-corrected chi connectivity index (χ3v) is 2.41. The van der Waals surface area contributed by atoms with E-state index in [1.54, 1.807) is 19.1 Å². The highest BCUT2D eigenvalue weighted by molar-refractivity contribution is 6.39. The maximum absolute atomic E-state index is 11.5. The van der Waals surface area contributed by atoms with Crippen molar-refractivity contribution >= 4 is 17.5 Å². The number of nitrogens with one attached hydrogen (secondary N) is 2. The first-order valence-electron chi connectivity index (χ1n) is 5.59. The van der Waals surface area contributed by atoms with E-state index in [0.717, 1.165) is 0 Å². The van der Waals surface area contributed by atoms with Gasteiger partial charge in [0.2, 0.25) is 0 Å². The van der Waals surface area contributed by atoms with Gasteiger partial charge in [0.05, 0.1) is 18.3 Å². The molecule has 1 unspecified atom stereocenters. The smallest absolute Gasteiger partial charge is 0.313 e. The largest absolute Gasteiger partial charge is 0.506 e. The van der Waals surface area contributed by atoms with E-state index in [0.29, 0.717) is 6.42 Å². The molecule has 0 bridgehead atoms. The molecule has 0 fully saturated rings. The summed E-state index contributed by atoms with van der Waals surface area (Å²) >= 11 is 0. The Labute approximate surface area is 105 Å². The molecule has 0 radical (unpaired) electrons. The molecule has 2 amide bonds. The summed E-state index contributed by atoms with van der Waals surface area (Å²) in [6, 6.07) is 5.65. The lowest BCUT2D eigenvalue weighted by Gasteiger charge is -2.13. The van der Waals surface area contributed by atoms with Gasteiger partial charge in [-0.25, -0.2) is 0 Å². The molecule has 0 heterocycles. The summed E-state index contributed by atoms with van der Waals surface area (Å²) in [5, 5.41) is 23.0. The number of carbonyl (C=O) groups is 2. The zero-order valence-corrected chi connectivity index (χ0v) is 10.0. The number of rotatable bonds is 4. The van der Waals surface area contributed by atoms with Crippen LogP contribution in [0.25, 0.3) is 0 Å². The Morgan fingerprint density at radius 1 is 1.28 bits per heavy atom. The van der Waals surface area contributed by atoms with Gasteiger partial charge < -0.3 is 20.8 Å². The molecule has 6 nitrogen and oxygen atoms in total. The number of para-hydroxylation sites is 2. The molecule has 0 spiro atoms. The molecular weight excluding hydrogens is 236 g/mol. The van der Waals surface area contributed by atoms with Crippen LogP contribution >= 0.6 is 0 Å². The predicted molar refractivity (Wildman–Crippen MR) is 66.0 cm³/mol. The van der Waals surface area contributed by atoms with Crippen molar-refractivity contribution in [3.8, 4) is 5.75 Å². The number of phenolic OH excluding ortho intramolecular Hbond substituents is 1. The molecule has 98 valence electrons. The molecule has 1 rings (SSSR count). The fourth-order valence-electron chi connectivity index (χ4n) is 1.29. The van der Waals surface area contributed by atoms with E-state index in [4.69, 9.17) is 5.11 Å². The normalized spacial score (nSPS) is 11.7. The Morgan fingerprint density at radius 2 is 1.94 bits per heavy atom. The number of amides is 2. The molecule has 0 saturated heterocycles. The highest BCUT2D eigenvalue weighted by Gasteiger charge is 2.18. The second-order valence-electron chi connectivity index (χ2n) is 3.73. The summed E-state index contributed by atoms with van der Waals surface area (Å²) in [7, 11) is 0. The summed E-state index contributed by atoms with van der Waals surface area (Å²) in [6.45, 7) is 1.55. The molecule has 18 heavy (non-hydrogen) atoms. The summed E-state index contributed by atoms with van der Waals surface area (Å²) in [5.41, 5.74) is 0.162. The predicted octanol–water partition coefficient (Wildman–Crippen LogP) is 0.218. The first-order valence-corrected chi connectivity index (χ1v) is 5.59. The van der Waals surface area contributed by atoms with Gasteiger partial charge in [0.25, 0.3) is 0 Å². The number of hydrogen-bond acceptors (Lipinski definition) is 4. The van der Waals surface area contributed by atoms with Crippen LogP contribution in [0.2, 0.25) is 0 Å². The van der Waals surface area contributed by atoms with Crippen molar-refractivity contribution in [3.05, 3.63) is 24.3 Å². The average Bonchev–Trinajstić information content (AvgIpc) is 2.38. The molecule has 6 heteroatoms. The lowest BCUT2D eigenvalue weighted by atomic mass is 10.2. The summed E-state index contributed by atoms with van der Waals surface area (Å²) in [4.78, 5) is 23.0. The SMILES string of the molecule is CCC(CO)NC(=O)C(=O)Nc1ccccc1O. The van der Waals surface area contributed by atoms with Gasteiger partial charge in [-0.3, -0.25) is 9.59 Å². The van der Waals surface area contributed by atoms with Gasteiger partial charge in [0.1, 0.15) is 5.75 Å². The monoisotopic (exact) mass is 252 g/mol. The highest BCUT2D eigenvalue weighted by atomic mass is 16.3. The first-order chi connectivity index (χ1) is 8.58. The second kappa shape index (κ2) is 6.61. The molecule has 0 aliphatic rings. The fourth-order valence-corrected chi connectivity index (χ4v) is 1.29. The van der Waals surface area contributed by atoms with Gasteiger partial charge in [-0.05, 0) is 18.6 Å². The molecule has 0 aliphatic carbocycles. The van der Waals surface area contributed by atoms with Crippen molar-refractivity contribution in [3.63, 3.8) is 0 Å². The van der Waals surface area contributed by atoms with Crippen LogP contribution in [-0.4, -0.2) is 34.7 Å². The summed E-state index contributed by atoms with van der Waals surface area (Å²) in [6.07, 6.45) is 0.520. The van der Waals surface area contributed by atoms with E-state index in [1.807, 2.05) is 0 Å². The van der Waals surface area contributed by atoms with Crippen LogP contribution in [-0.2, 0) is 9.59 Å². The first kappa shape index (κ1) is 14.0. The van der Waals surface area contributed by atoms with Crippen molar-refractivity contribution in [2.75, 3.05) is 11.9 Å². The number of anilines is 1. The standard InChI is InChI=1S/C12H16N2O4/c1-2-8(7-15)13-11(17)12(18)14-9-5-3-4-6-10(9)16/h3-6,8,15-16H,2,7H2,1H3,(H,13,17)(H,14,18). The minimum absolute atomic E-state index is 0.118. The van der Waals surface area contributed by atoms with E-state index < -0.39 is 17.9 Å². The third-order valence-electron chi connectivity index (χ3n) is 2.41. The molecular formula is C12H16N2O4. The van der Waals surface area contributed by atoms with Crippen molar-refractivity contribution in [2.45, 2.75) is 19.4 Å². The molecule has 4 N–H and O–H groups in total. The topological polar surface area (TPSA) is 98.7 Å². The van der Waals surface area contributed by atoms with Crippen molar-refractivity contribution in [1.82, 2.24) is 5.32 Å². The van der Waals surface area contributed by atoms with Crippen LogP contribution in [0.5, 0.6) is 5.75 Å². The molecule has 1 aromatic rings. The average molecular weight is 252 g/mol. The Hall–Kier alpha value is -2.08. The van der Waals surface area contributed by atoms with Crippen molar-refractivity contribution in [1.29, 1.82) is 0 Å². The zero-order chi connectivity index (χ0) is 13.5. The highest BCUT2D eigenvalue weighted by Crippen LogP contribution is 2.21. The van der Waals surface area contributed by atoms with Crippen LogP contribution < -0.4 is 10.6 Å². The second-order valence-corrected chi connectivity index (χ2v) is 3.73. The van der Waals surface area contributed by atoms with E-state index in [9.17, 15) is 14.7 Å². The van der Waals surface area contributed by atoms with Crippen molar-refractivity contribution in [2.24, 2.45) is 0 Å². The van der Waals surface area contributed by atoms with Gasteiger partial charge in [-0.1, -0.05) is 19.1 Å². The van der Waals surface area contributed by atoms with E-state index in [2.05, 4.69) is 10.6 Å². The quantitative estimate of drug-likeness (QED) is 0.455. The number of hydrogen-bond donors (Lipinski definition) is 4. The minimum Gasteiger partial charge on any atom is -0.506 e. The summed E-state index contributed by atoms with van der Waals surface area (Å²) in [5.74, 6) is -1.85. The van der Waals surface area contributed by atoms with Gasteiger partial charge in [0.15, 0.2) is 0 Å². The van der Waals surface area contributed by atoms with Crippen LogP contribution in [0.4, 0.5) is 5.69 Å². The van der Waals surface area contributed by atoms with Gasteiger partial charge >= 0.3 is 11.8 Å². The number of aliphatic hydroxyl groups excluding tert-OH is 1. The number of phenols is 1. The fraction of sp³-hybridized carbons (Fsp3) is 0.333. The van der Waals surface area contributed by atoms with E-state index >= 15 is 0 Å². The van der Waals surface area contributed by atoms with Crippen LogP contribution in [0, 0.1) is 0 Å². The molecule has 0 aliphatic heterocycles. The lowest BCUT2D eigenvalue weighted by Crippen LogP contribution is -2.43. The Kier molecular flexibility index (Phi) is 5.13. The molecule has 1 atom stereocenters. The van der Waals surface area contributed by atoms with Gasteiger partial charge in [0, 0.05) is 0 Å². The maximum atomic E-state index is 11.5. The van der Waals surface area contributed by atoms with Gasteiger partial charge in [-0.2, -0.15) is 0 Å². The van der Waals surface area contributed by atoms with Crippen LogP contribution in [0.1, 0.15) is 13.3 Å². The van der Waals surface area contributed by atoms with E-state index in [-0.39, 0.29) is 18.0 Å². The molecule has 1 aromatic carbocycles. The number of carbonyl (C=O) groups excluding carboxylic acids is 2. The van der Waals surface area contributed by atoms with E-state index in [1.165, 1.54) is 12.1 Å². The molecule has 0 saturated carbocycles. The summed E-state index contributed by atoms with van der Waals surface area (Å²) < 4.78 is 0. The van der Waals surface area contributed by atoms with Crippen LogP contribution in [0.15, 0.2) is 24.3 Å². The third kappa shape index (κ3) is 3.74. The minimum atomic E-state index is -0.886. The molecule has 0 aromatic heterocycles. The number of aromatic hydroxyl groups is 1. The Morgan fingerprint density at radius 3 is 2.50 bits per heavy atom. The lowest BCUT2D eigenvalue weighted by molar-refractivity contribution is -0.136. The number of aliphatic hydroxyl groups is 1. The van der Waals surface area contributed by atoms with Crippen molar-refractivity contribution < 1.29 is 19.8 Å². The Bertz CT molecular complexity index is 430. The van der Waals surface area contributed by atoms with Gasteiger partial charge in [-0.15, -0.1) is 0 Å². The van der Waals surface area contributed by atoms with Crippen LogP contribution in [0.3, 0.4) is 0 Å². The maximum Gasteiger partial charge on any atom is 0.313 e. The number of benzene rings is 1. The Balaban J connectivity index is 2.61. The zero-order valence-electron chi connectivity index (χ0n) is 10.0.